The first-order chi connectivity index (χ1) is 12.4. The quantitative estimate of drug-likeness (QED) is 0.544. The van der Waals surface area contributed by atoms with Gasteiger partial charge in [-0.25, -0.2) is 8.42 Å². The molecule has 0 saturated carbocycles. The molecule has 0 bridgehead atoms. The predicted octanol–water partition coefficient (Wildman–Crippen LogP) is 3.01. The van der Waals surface area contributed by atoms with E-state index in [-0.39, 0.29) is 0 Å². The smallest absolute Gasteiger partial charge is 0.243 e. The fourth-order valence-corrected chi connectivity index (χ4v) is 4.72. The van der Waals surface area contributed by atoms with E-state index in [9.17, 15) is 8.42 Å². The highest BCUT2D eigenvalue weighted by atomic mass is 32.2. The maximum absolute atomic E-state index is 13.0. The molecular weight excluding hydrogens is 368 g/mol. The Kier molecular flexibility index (Phi) is 7.67. The van der Waals surface area contributed by atoms with Gasteiger partial charge in [-0.2, -0.15) is 4.31 Å². The Morgan fingerprint density at radius 1 is 1.23 bits per heavy atom. The molecule has 0 amide bonds. The number of piperidine rings is 1. The lowest BCUT2D eigenvalue weighted by Gasteiger charge is -2.27. The fourth-order valence-electron chi connectivity index (χ4n) is 2.97. The van der Waals surface area contributed by atoms with E-state index in [2.05, 4.69) is 17.6 Å². The Balaban J connectivity index is 2.25. The lowest BCUT2D eigenvalue weighted by molar-refractivity contribution is 0.346. The molecule has 1 aliphatic rings. The molecular formula is C18H30N4O2S2. The van der Waals surface area contributed by atoms with Gasteiger partial charge in [0.15, 0.2) is 5.11 Å². The first-order valence-corrected chi connectivity index (χ1v) is 11.1. The molecule has 0 aromatic heterocycles. The Bertz CT molecular complexity index is 714. The average Bonchev–Trinajstić information content (AvgIpc) is 2.62. The van der Waals surface area contributed by atoms with Crippen LogP contribution in [0.1, 0.15) is 39.0 Å². The first-order valence-electron chi connectivity index (χ1n) is 9.22. The van der Waals surface area contributed by atoms with Crippen LogP contribution in [0.4, 0.5) is 11.4 Å². The third-order valence-corrected chi connectivity index (χ3v) is 6.61. The van der Waals surface area contributed by atoms with Gasteiger partial charge >= 0.3 is 0 Å². The molecule has 146 valence electrons. The van der Waals surface area contributed by atoms with Crippen LogP contribution in [0.3, 0.4) is 0 Å². The van der Waals surface area contributed by atoms with Crippen molar-refractivity contribution in [2.45, 2.75) is 43.9 Å². The summed E-state index contributed by atoms with van der Waals surface area (Å²) >= 11 is 5.36. The third kappa shape index (κ3) is 5.31. The number of unbranched alkanes of at least 4 members (excludes halogenated alkanes) is 1. The van der Waals surface area contributed by atoms with Gasteiger partial charge in [0.25, 0.3) is 0 Å². The monoisotopic (exact) mass is 398 g/mol. The van der Waals surface area contributed by atoms with E-state index in [0.29, 0.717) is 28.8 Å². The molecule has 1 fully saturated rings. The van der Waals surface area contributed by atoms with Crippen molar-refractivity contribution in [2.24, 2.45) is 0 Å². The van der Waals surface area contributed by atoms with Crippen LogP contribution >= 0.6 is 12.2 Å². The van der Waals surface area contributed by atoms with Gasteiger partial charge in [0, 0.05) is 33.7 Å². The summed E-state index contributed by atoms with van der Waals surface area (Å²) in [4.78, 5) is 2.25. The summed E-state index contributed by atoms with van der Waals surface area (Å²) in [5.41, 5.74) is 1.59. The van der Waals surface area contributed by atoms with Crippen LogP contribution in [0.15, 0.2) is 23.1 Å². The first kappa shape index (κ1) is 20.9. The minimum absolute atomic E-state index is 0.309. The molecule has 0 unspecified atom stereocenters. The number of hydrogen-bond donors (Lipinski definition) is 2. The van der Waals surface area contributed by atoms with E-state index in [1.165, 1.54) is 0 Å². The molecule has 1 heterocycles. The summed E-state index contributed by atoms with van der Waals surface area (Å²) in [6.07, 6.45) is 5.06. The van der Waals surface area contributed by atoms with Crippen molar-refractivity contribution < 1.29 is 8.42 Å². The Morgan fingerprint density at radius 3 is 2.54 bits per heavy atom. The normalized spacial score (nSPS) is 15.5. The van der Waals surface area contributed by atoms with Crippen LogP contribution in [-0.2, 0) is 10.0 Å². The van der Waals surface area contributed by atoms with Gasteiger partial charge < -0.3 is 15.5 Å². The lowest BCUT2D eigenvalue weighted by Crippen LogP contribution is -2.35. The number of sulfonamides is 1. The van der Waals surface area contributed by atoms with Gasteiger partial charge in [-0.05, 0) is 49.7 Å². The molecule has 0 aliphatic carbocycles. The molecule has 0 radical (unpaired) electrons. The SMILES string of the molecule is CCCCNC(=S)Nc1cc(S(=O)(=O)N2CCCCC2)ccc1N(C)C. The zero-order chi connectivity index (χ0) is 19.2. The predicted molar refractivity (Wildman–Crippen MR) is 113 cm³/mol. The molecule has 1 aromatic carbocycles. The molecule has 6 nitrogen and oxygen atoms in total. The molecule has 1 aliphatic heterocycles. The molecule has 1 aromatic rings. The molecule has 0 atom stereocenters. The second kappa shape index (κ2) is 9.53. The highest BCUT2D eigenvalue weighted by Gasteiger charge is 2.26. The maximum Gasteiger partial charge on any atom is 0.243 e. The number of nitrogens with one attached hydrogen (secondary N) is 2. The summed E-state index contributed by atoms with van der Waals surface area (Å²) in [6, 6.07) is 5.19. The Morgan fingerprint density at radius 2 is 1.92 bits per heavy atom. The second-order valence-electron chi connectivity index (χ2n) is 6.77. The van der Waals surface area contributed by atoms with Crippen LogP contribution in [-0.4, -0.2) is 51.6 Å². The van der Waals surface area contributed by atoms with Crippen molar-refractivity contribution in [1.82, 2.24) is 9.62 Å². The van der Waals surface area contributed by atoms with E-state index < -0.39 is 10.0 Å². The molecule has 0 spiro atoms. The summed E-state index contributed by atoms with van der Waals surface area (Å²) in [5, 5.41) is 6.83. The van der Waals surface area contributed by atoms with E-state index in [4.69, 9.17) is 12.2 Å². The van der Waals surface area contributed by atoms with Crippen molar-refractivity contribution >= 4 is 38.7 Å². The fraction of sp³-hybridized carbons (Fsp3) is 0.611. The van der Waals surface area contributed by atoms with Crippen LogP contribution in [0.25, 0.3) is 0 Å². The van der Waals surface area contributed by atoms with Gasteiger partial charge in [0.05, 0.1) is 16.3 Å². The van der Waals surface area contributed by atoms with E-state index in [1.807, 2.05) is 25.1 Å². The van der Waals surface area contributed by atoms with Crippen LogP contribution in [0.5, 0.6) is 0 Å². The van der Waals surface area contributed by atoms with Crippen LogP contribution in [0.2, 0.25) is 0 Å². The van der Waals surface area contributed by atoms with Crippen LogP contribution in [0, 0.1) is 0 Å². The van der Waals surface area contributed by atoms with Crippen LogP contribution < -0.4 is 15.5 Å². The van der Waals surface area contributed by atoms with Gasteiger partial charge in [0.1, 0.15) is 0 Å². The number of hydrogen-bond acceptors (Lipinski definition) is 4. The van der Waals surface area contributed by atoms with Crippen molar-refractivity contribution in [1.29, 1.82) is 0 Å². The minimum atomic E-state index is -3.47. The number of benzene rings is 1. The summed E-state index contributed by atoms with van der Waals surface area (Å²) < 4.78 is 27.5. The zero-order valence-electron chi connectivity index (χ0n) is 15.9. The molecule has 1 saturated heterocycles. The number of thiocarbonyl (C=S) groups is 1. The lowest BCUT2D eigenvalue weighted by atomic mass is 10.2. The van der Waals surface area contributed by atoms with Crippen molar-refractivity contribution in [3.63, 3.8) is 0 Å². The number of nitrogens with zero attached hydrogens (tertiary/aromatic N) is 2. The third-order valence-electron chi connectivity index (χ3n) is 4.47. The van der Waals surface area contributed by atoms with Crippen molar-refractivity contribution in [3.8, 4) is 0 Å². The maximum atomic E-state index is 13.0. The molecule has 2 rings (SSSR count). The largest absolute Gasteiger partial charge is 0.376 e. The molecule has 8 heteroatoms. The number of rotatable bonds is 7. The summed E-state index contributed by atoms with van der Waals surface area (Å²) in [7, 11) is 0.374. The van der Waals surface area contributed by atoms with Gasteiger partial charge in [0.2, 0.25) is 10.0 Å². The van der Waals surface area contributed by atoms with Crippen molar-refractivity contribution in [2.75, 3.05) is 43.9 Å². The average molecular weight is 399 g/mol. The highest BCUT2D eigenvalue weighted by Crippen LogP contribution is 2.30. The summed E-state index contributed by atoms with van der Waals surface area (Å²) in [5.74, 6) is 0. The van der Waals surface area contributed by atoms with Gasteiger partial charge in [-0.3, -0.25) is 0 Å². The Labute approximate surface area is 163 Å². The van der Waals surface area contributed by atoms with E-state index in [0.717, 1.165) is 44.3 Å². The van der Waals surface area contributed by atoms with Gasteiger partial charge in [-0.1, -0.05) is 19.8 Å². The van der Waals surface area contributed by atoms with Crippen molar-refractivity contribution in [3.05, 3.63) is 18.2 Å². The molecule has 2 N–H and O–H groups in total. The van der Waals surface area contributed by atoms with Gasteiger partial charge in [-0.15, -0.1) is 0 Å². The second-order valence-corrected chi connectivity index (χ2v) is 9.12. The zero-order valence-corrected chi connectivity index (χ0v) is 17.5. The standard InChI is InChI=1S/C18H30N4O2S2/c1-4-5-11-19-18(25)20-16-14-15(9-10-17(16)21(2)3)26(23,24)22-12-7-6-8-13-22/h9-10,14H,4-8,11-13H2,1-3H3,(H2,19,20,25). The topological polar surface area (TPSA) is 64.7 Å². The van der Waals surface area contributed by atoms with E-state index in [1.54, 1.807) is 16.4 Å². The summed E-state index contributed by atoms with van der Waals surface area (Å²) in [6.45, 7) is 4.11. The number of anilines is 2. The van der Waals surface area contributed by atoms with E-state index >= 15 is 0 Å². The Hall–Kier alpha value is -1.38. The molecule has 26 heavy (non-hydrogen) atoms. The minimum Gasteiger partial charge on any atom is -0.376 e. The highest BCUT2D eigenvalue weighted by molar-refractivity contribution is 7.89.